The average molecular weight is 451 g/mol. The molecule has 170 valence electrons. The highest BCUT2D eigenvalue weighted by Crippen LogP contribution is 2.55. The van der Waals surface area contributed by atoms with Crippen LogP contribution in [0.25, 0.3) is 0 Å². The predicted molar refractivity (Wildman–Crippen MR) is 127 cm³/mol. The van der Waals surface area contributed by atoms with Crippen LogP contribution in [0.2, 0.25) is 0 Å². The van der Waals surface area contributed by atoms with Gasteiger partial charge in [-0.3, -0.25) is 0 Å². The number of rotatable bonds is 5. The average Bonchev–Trinajstić information content (AvgIpc) is 2.87. The zero-order chi connectivity index (χ0) is 24.3. The van der Waals surface area contributed by atoms with Crippen LogP contribution in [-0.4, -0.2) is 7.11 Å². The van der Waals surface area contributed by atoms with Gasteiger partial charge in [0.25, 0.3) is 0 Å². The van der Waals surface area contributed by atoms with Gasteiger partial charge in [0.15, 0.2) is 16.9 Å². The molecular weight excluding hydrogens is 424 g/mol. The Labute approximate surface area is 200 Å². The Balaban J connectivity index is 1.80. The first-order valence-corrected chi connectivity index (χ1v) is 11.3. The lowest BCUT2D eigenvalue weighted by molar-refractivity contribution is 0.284. The zero-order valence-corrected chi connectivity index (χ0v) is 19.3. The second-order valence-electron chi connectivity index (χ2n) is 8.90. The van der Waals surface area contributed by atoms with Gasteiger partial charge >= 0.3 is 0 Å². The highest BCUT2D eigenvalue weighted by molar-refractivity contribution is 5.63. The largest absolute Gasteiger partial charge is 0.493 e. The molecule has 0 heterocycles. The second kappa shape index (κ2) is 9.34. The summed E-state index contributed by atoms with van der Waals surface area (Å²) >= 11 is 0. The SMILES string of the molecule is COc1cc(C2C3=C(CCC(C)C3)C(C#N)=C(N)C2(C#N)C#N)ccc1OCc1ccccc1. The van der Waals surface area contributed by atoms with Gasteiger partial charge in [0.2, 0.25) is 0 Å². The van der Waals surface area contributed by atoms with Crippen LogP contribution in [-0.2, 0) is 6.61 Å². The molecule has 2 atom stereocenters. The van der Waals surface area contributed by atoms with Crippen LogP contribution in [0.5, 0.6) is 11.5 Å². The van der Waals surface area contributed by atoms with Crippen LogP contribution in [0.1, 0.15) is 43.2 Å². The van der Waals surface area contributed by atoms with Gasteiger partial charge in [-0.15, -0.1) is 0 Å². The molecule has 0 amide bonds. The van der Waals surface area contributed by atoms with E-state index >= 15 is 0 Å². The first-order chi connectivity index (χ1) is 16.5. The molecule has 2 aliphatic rings. The van der Waals surface area contributed by atoms with Crippen LogP contribution in [0.3, 0.4) is 0 Å². The molecular formula is C28H26N4O2. The molecule has 0 saturated heterocycles. The number of nitrogens with two attached hydrogens (primary N) is 1. The number of benzene rings is 2. The molecule has 2 N–H and O–H groups in total. The maximum Gasteiger partial charge on any atom is 0.194 e. The van der Waals surface area contributed by atoms with Crippen molar-refractivity contribution in [3.05, 3.63) is 82.1 Å². The summed E-state index contributed by atoms with van der Waals surface area (Å²) in [5.74, 6) is 0.871. The summed E-state index contributed by atoms with van der Waals surface area (Å²) in [7, 11) is 1.56. The number of allylic oxidation sites excluding steroid dienone is 4. The Hall–Kier alpha value is -4.21. The minimum absolute atomic E-state index is 0.0432. The lowest BCUT2D eigenvalue weighted by Gasteiger charge is -2.41. The fourth-order valence-electron chi connectivity index (χ4n) is 5.08. The standard InChI is InChI=1S/C28H26N4O2/c1-18-8-10-21-22(12-18)26(28(16-30,17-31)27(32)23(21)14-29)20-9-11-24(25(13-20)33-2)34-15-19-6-4-3-5-7-19/h3-7,9,11,13,18,26H,8,10,12,15,32H2,1-2H3. The van der Waals surface area contributed by atoms with Crippen LogP contribution < -0.4 is 15.2 Å². The highest BCUT2D eigenvalue weighted by Gasteiger charge is 2.51. The van der Waals surface area contributed by atoms with Gasteiger partial charge in [-0.05, 0) is 54.0 Å². The number of nitrogens with zero attached hydrogens (tertiary/aromatic N) is 3. The van der Waals surface area contributed by atoms with E-state index < -0.39 is 11.3 Å². The monoisotopic (exact) mass is 450 g/mol. The third-order valence-electron chi connectivity index (χ3n) is 6.84. The molecule has 0 bridgehead atoms. The Morgan fingerprint density at radius 1 is 1.06 bits per heavy atom. The quantitative estimate of drug-likeness (QED) is 0.664. The smallest absolute Gasteiger partial charge is 0.194 e. The molecule has 2 unspecified atom stereocenters. The summed E-state index contributed by atoms with van der Waals surface area (Å²) < 4.78 is 11.6. The number of methoxy groups -OCH3 is 1. The molecule has 0 fully saturated rings. The van der Waals surface area contributed by atoms with Crippen molar-refractivity contribution >= 4 is 0 Å². The Kier molecular flexibility index (Phi) is 6.31. The van der Waals surface area contributed by atoms with Crippen LogP contribution in [0.4, 0.5) is 0 Å². The molecule has 2 aliphatic carbocycles. The predicted octanol–water partition coefficient (Wildman–Crippen LogP) is 5.26. The van der Waals surface area contributed by atoms with E-state index in [2.05, 4.69) is 25.1 Å². The van der Waals surface area contributed by atoms with Crippen molar-refractivity contribution in [3.8, 4) is 29.7 Å². The fraction of sp³-hybridized carbons (Fsp3) is 0.321. The molecule has 0 aromatic heterocycles. The molecule has 0 spiro atoms. The van der Waals surface area contributed by atoms with E-state index in [1.165, 1.54) is 0 Å². The Morgan fingerprint density at radius 3 is 2.44 bits per heavy atom. The summed E-state index contributed by atoms with van der Waals surface area (Å²) in [5, 5.41) is 30.3. The molecule has 4 rings (SSSR count). The number of ether oxygens (including phenoxy) is 2. The molecule has 6 nitrogen and oxygen atoms in total. The minimum atomic E-state index is -1.67. The van der Waals surface area contributed by atoms with Gasteiger partial charge in [-0.25, -0.2) is 0 Å². The molecule has 0 aliphatic heterocycles. The van der Waals surface area contributed by atoms with Gasteiger partial charge < -0.3 is 15.2 Å². The number of hydrogen-bond acceptors (Lipinski definition) is 6. The zero-order valence-electron chi connectivity index (χ0n) is 19.3. The third-order valence-corrected chi connectivity index (χ3v) is 6.84. The van der Waals surface area contributed by atoms with Crippen LogP contribution in [0.15, 0.2) is 70.9 Å². The molecule has 0 saturated carbocycles. The molecule has 2 aromatic carbocycles. The van der Waals surface area contributed by atoms with E-state index in [1.807, 2.05) is 48.5 Å². The Morgan fingerprint density at radius 2 is 1.79 bits per heavy atom. The maximum atomic E-state index is 10.2. The van der Waals surface area contributed by atoms with Crippen molar-refractivity contribution in [3.63, 3.8) is 0 Å². The normalized spacial score (nSPS) is 21.0. The van der Waals surface area contributed by atoms with E-state index in [4.69, 9.17) is 15.2 Å². The second-order valence-corrected chi connectivity index (χ2v) is 8.90. The van der Waals surface area contributed by atoms with E-state index in [0.29, 0.717) is 36.9 Å². The summed E-state index contributed by atoms with van der Waals surface area (Å²) in [4.78, 5) is 0. The van der Waals surface area contributed by atoms with Crippen molar-refractivity contribution in [1.82, 2.24) is 0 Å². The highest BCUT2D eigenvalue weighted by atomic mass is 16.5. The topological polar surface area (TPSA) is 116 Å². The lowest BCUT2D eigenvalue weighted by Crippen LogP contribution is -2.39. The molecule has 34 heavy (non-hydrogen) atoms. The Bertz CT molecular complexity index is 1270. The van der Waals surface area contributed by atoms with Crippen molar-refractivity contribution < 1.29 is 9.47 Å². The van der Waals surface area contributed by atoms with Crippen LogP contribution in [0, 0.1) is 45.3 Å². The summed E-state index contributed by atoms with van der Waals surface area (Å²) in [6, 6.07) is 21.8. The first kappa shape index (κ1) is 23.0. The molecule has 2 aromatic rings. The minimum Gasteiger partial charge on any atom is -0.493 e. The number of hydrogen-bond donors (Lipinski definition) is 1. The van der Waals surface area contributed by atoms with Gasteiger partial charge in [-0.1, -0.05) is 48.9 Å². The van der Waals surface area contributed by atoms with E-state index in [1.54, 1.807) is 7.11 Å². The molecule has 6 heteroatoms. The van der Waals surface area contributed by atoms with E-state index in [-0.39, 0.29) is 11.3 Å². The van der Waals surface area contributed by atoms with Gasteiger partial charge in [0.1, 0.15) is 12.7 Å². The summed E-state index contributed by atoms with van der Waals surface area (Å²) in [5.41, 5.74) is 8.66. The maximum absolute atomic E-state index is 10.2. The fourth-order valence-corrected chi connectivity index (χ4v) is 5.08. The lowest BCUT2D eigenvalue weighted by atomic mass is 9.59. The first-order valence-electron chi connectivity index (χ1n) is 11.3. The van der Waals surface area contributed by atoms with E-state index in [0.717, 1.165) is 28.7 Å². The van der Waals surface area contributed by atoms with Gasteiger partial charge in [0, 0.05) is 5.92 Å². The van der Waals surface area contributed by atoms with Crippen molar-refractivity contribution in [1.29, 1.82) is 15.8 Å². The van der Waals surface area contributed by atoms with Gasteiger partial charge in [-0.2, -0.15) is 15.8 Å². The summed E-state index contributed by atoms with van der Waals surface area (Å²) in [6.45, 7) is 2.53. The van der Waals surface area contributed by atoms with Crippen molar-refractivity contribution in [2.24, 2.45) is 17.1 Å². The van der Waals surface area contributed by atoms with Gasteiger partial charge in [0.05, 0.1) is 30.5 Å². The number of nitriles is 3. The van der Waals surface area contributed by atoms with Crippen molar-refractivity contribution in [2.75, 3.05) is 7.11 Å². The summed E-state index contributed by atoms with van der Waals surface area (Å²) in [6.07, 6.45) is 2.35. The molecule has 0 radical (unpaired) electrons. The van der Waals surface area contributed by atoms with Crippen LogP contribution >= 0.6 is 0 Å². The third kappa shape index (κ3) is 3.76. The van der Waals surface area contributed by atoms with Crippen molar-refractivity contribution in [2.45, 2.75) is 38.7 Å². The van der Waals surface area contributed by atoms with E-state index in [9.17, 15) is 15.8 Å².